The van der Waals surface area contributed by atoms with E-state index in [0.717, 1.165) is 11.1 Å². The summed E-state index contributed by atoms with van der Waals surface area (Å²) in [4.78, 5) is 0.225. The monoisotopic (exact) mass is 415 g/mol. The Morgan fingerprint density at radius 1 is 1.12 bits per heavy atom. The van der Waals surface area contributed by atoms with Crippen LogP contribution in [-0.4, -0.2) is 18.5 Å². The number of hydrogen-bond donors (Lipinski definition) is 0. The summed E-state index contributed by atoms with van der Waals surface area (Å²) in [5, 5.41) is 0. The van der Waals surface area contributed by atoms with Gasteiger partial charge in [0.25, 0.3) is 10.0 Å². The van der Waals surface area contributed by atoms with Crippen LogP contribution in [0, 0.1) is 12.8 Å². The number of rotatable bonds is 6. The molecule has 25 heavy (non-hydrogen) atoms. The van der Waals surface area contributed by atoms with Crippen molar-refractivity contribution in [2.75, 3.05) is 5.75 Å². The number of nitrogens with zero attached hydrogens (tertiary/aromatic N) is 1. The van der Waals surface area contributed by atoms with Gasteiger partial charge in [-0.2, -0.15) is 8.42 Å². The molecule has 0 saturated heterocycles. The van der Waals surface area contributed by atoms with E-state index < -0.39 is 25.0 Å². The Morgan fingerprint density at radius 2 is 1.72 bits per heavy atom. The lowest BCUT2D eigenvalue weighted by molar-refractivity contribution is 0.598. The standard InChI is InChI=1S/C18H19Cl2NO2S2/c1-14-7-9-17(10-8-14)25(22,23)21-24(13-16-11-18(16,19)20)12-15-5-3-2-4-6-15/h2-10,16H,11-13H2,1H3/t16-,24-/m0/s1. The molecule has 0 aromatic heterocycles. The first-order chi connectivity index (χ1) is 11.8. The van der Waals surface area contributed by atoms with Crippen molar-refractivity contribution >= 4 is 43.9 Å². The van der Waals surface area contributed by atoms with Crippen LogP contribution in [0.15, 0.2) is 63.3 Å². The molecule has 0 amide bonds. The van der Waals surface area contributed by atoms with Gasteiger partial charge in [0.05, 0.1) is 4.90 Å². The second-order valence-electron chi connectivity index (χ2n) is 6.28. The summed E-state index contributed by atoms with van der Waals surface area (Å²) < 4.78 is 28.9. The highest BCUT2D eigenvalue weighted by Gasteiger charge is 2.51. The van der Waals surface area contributed by atoms with Gasteiger partial charge in [0, 0.05) is 17.4 Å². The second kappa shape index (κ2) is 7.39. The number of hydrogen-bond acceptors (Lipinski definition) is 2. The summed E-state index contributed by atoms with van der Waals surface area (Å²) in [6.07, 6.45) is 0.689. The summed E-state index contributed by atoms with van der Waals surface area (Å²) in [5.74, 6) is 1.26. The lowest BCUT2D eigenvalue weighted by Gasteiger charge is -2.09. The van der Waals surface area contributed by atoms with Crippen molar-refractivity contribution in [1.29, 1.82) is 0 Å². The van der Waals surface area contributed by atoms with Crippen LogP contribution in [0.1, 0.15) is 17.5 Å². The Morgan fingerprint density at radius 3 is 2.28 bits per heavy atom. The maximum Gasteiger partial charge on any atom is 0.287 e. The molecule has 0 radical (unpaired) electrons. The van der Waals surface area contributed by atoms with Crippen molar-refractivity contribution in [3.05, 3.63) is 65.7 Å². The van der Waals surface area contributed by atoms with Gasteiger partial charge in [-0.3, -0.25) is 0 Å². The molecule has 0 aliphatic heterocycles. The lowest BCUT2D eigenvalue weighted by Crippen LogP contribution is -2.09. The zero-order valence-corrected chi connectivity index (χ0v) is 16.9. The largest absolute Gasteiger partial charge is 0.287 e. The molecule has 1 aliphatic rings. The minimum atomic E-state index is -3.70. The van der Waals surface area contributed by atoms with Crippen molar-refractivity contribution in [3.8, 4) is 0 Å². The zero-order valence-electron chi connectivity index (χ0n) is 13.7. The van der Waals surface area contributed by atoms with Crippen molar-refractivity contribution in [3.63, 3.8) is 0 Å². The fourth-order valence-corrected chi connectivity index (χ4v) is 7.12. The Labute approximate surface area is 161 Å². The highest BCUT2D eigenvalue weighted by atomic mass is 35.5. The fraction of sp³-hybridized carbons (Fsp3) is 0.333. The third-order valence-electron chi connectivity index (χ3n) is 4.05. The zero-order chi connectivity index (χ0) is 18.1. The van der Waals surface area contributed by atoms with Gasteiger partial charge in [-0.25, -0.2) is 0 Å². The number of benzene rings is 2. The average molecular weight is 416 g/mol. The van der Waals surface area contributed by atoms with E-state index in [4.69, 9.17) is 23.2 Å². The van der Waals surface area contributed by atoms with Gasteiger partial charge in [0.15, 0.2) is 0 Å². The van der Waals surface area contributed by atoms with E-state index in [0.29, 0.717) is 17.9 Å². The molecule has 3 nitrogen and oxygen atoms in total. The molecule has 0 bridgehead atoms. The van der Waals surface area contributed by atoms with E-state index in [1.54, 1.807) is 24.3 Å². The first-order valence-electron chi connectivity index (χ1n) is 7.90. The van der Waals surface area contributed by atoms with Crippen molar-refractivity contribution < 1.29 is 8.42 Å². The first-order valence-corrected chi connectivity index (χ1v) is 11.6. The van der Waals surface area contributed by atoms with Crippen LogP contribution in [0.2, 0.25) is 0 Å². The second-order valence-corrected chi connectivity index (χ2v) is 11.4. The fourth-order valence-electron chi connectivity index (χ4n) is 2.46. The molecule has 0 heterocycles. The van der Waals surface area contributed by atoms with Crippen LogP contribution in [0.5, 0.6) is 0 Å². The van der Waals surface area contributed by atoms with Crippen LogP contribution in [0.3, 0.4) is 0 Å². The quantitative estimate of drug-likeness (QED) is 0.630. The highest BCUT2D eigenvalue weighted by molar-refractivity contribution is 7.99. The van der Waals surface area contributed by atoms with Gasteiger partial charge in [-0.15, -0.1) is 27.0 Å². The van der Waals surface area contributed by atoms with Gasteiger partial charge in [-0.1, -0.05) is 58.7 Å². The number of aryl methyl sites for hydroxylation is 1. The van der Waals surface area contributed by atoms with Crippen LogP contribution in [0.25, 0.3) is 0 Å². The molecule has 2 aromatic rings. The molecular weight excluding hydrogens is 397 g/mol. The Hall–Kier alpha value is -0.880. The summed E-state index contributed by atoms with van der Waals surface area (Å²) in [7, 11) is -4.40. The molecule has 0 unspecified atom stereocenters. The smallest absolute Gasteiger partial charge is 0.199 e. The number of halogens is 2. The molecule has 2 aromatic carbocycles. The summed E-state index contributed by atoms with van der Waals surface area (Å²) in [6.45, 7) is 1.92. The molecule has 1 aliphatic carbocycles. The predicted molar refractivity (Wildman–Crippen MR) is 106 cm³/mol. The van der Waals surface area contributed by atoms with E-state index in [1.807, 2.05) is 37.3 Å². The predicted octanol–water partition coefficient (Wildman–Crippen LogP) is 4.88. The van der Waals surface area contributed by atoms with Gasteiger partial charge < -0.3 is 0 Å². The Bertz CT molecular complexity index is 879. The van der Waals surface area contributed by atoms with Crippen LogP contribution < -0.4 is 0 Å². The van der Waals surface area contributed by atoms with Crippen LogP contribution >= 0.6 is 23.2 Å². The van der Waals surface area contributed by atoms with Gasteiger partial charge >= 0.3 is 0 Å². The van der Waals surface area contributed by atoms with Gasteiger partial charge in [-0.05, 0) is 31.0 Å². The lowest BCUT2D eigenvalue weighted by atomic mass is 10.2. The van der Waals surface area contributed by atoms with E-state index in [9.17, 15) is 8.42 Å². The molecule has 134 valence electrons. The number of sulfonamides is 1. The van der Waals surface area contributed by atoms with Crippen molar-refractivity contribution in [2.24, 2.45) is 9.69 Å². The van der Waals surface area contributed by atoms with Crippen molar-refractivity contribution in [2.45, 2.75) is 28.3 Å². The maximum atomic E-state index is 12.7. The maximum absolute atomic E-state index is 12.7. The molecule has 2 atom stereocenters. The number of alkyl halides is 2. The minimum Gasteiger partial charge on any atom is -0.199 e. The van der Waals surface area contributed by atoms with E-state index in [1.165, 1.54) is 0 Å². The van der Waals surface area contributed by atoms with Gasteiger partial charge in [0.2, 0.25) is 0 Å². The Balaban J connectivity index is 1.89. The first kappa shape index (κ1) is 18.9. The van der Waals surface area contributed by atoms with Crippen LogP contribution in [0.4, 0.5) is 0 Å². The van der Waals surface area contributed by atoms with Crippen molar-refractivity contribution in [1.82, 2.24) is 0 Å². The van der Waals surface area contributed by atoms with E-state index in [-0.39, 0.29) is 10.8 Å². The molecule has 1 fully saturated rings. The van der Waals surface area contributed by atoms with Gasteiger partial charge in [0.1, 0.15) is 4.33 Å². The summed E-state index contributed by atoms with van der Waals surface area (Å²) in [6, 6.07) is 16.5. The third-order valence-corrected chi connectivity index (χ3v) is 8.92. The molecule has 0 N–H and O–H groups in total. The van der Waals surface area contributed by atoms with Crippen LogP contribution in [-0.2, 0) is 26.5 Å². The topological polar surface area (TPSA) is 46.5 Å². The third kappa shape index (κ3) is 5.07. The molecule has 1 saturated carbocycles. The van der Waals surface area contributed by atoms with E-state index in [2.05, 4.69) is 3.77 Å². The summed E-state index contributed by atoms with van der Waals surface area (Å²) in [5.41, 5.74) is 2.07. The Kier molecular flexibility index (Phi) is 5.59. The molecule has 3 rings (SSSR count). The van der Waals surface area contributed by atoms with E-state index >= 15 is 0 Å². The molecule has 7 heteroatoms. The molecule has 0 spiro atoms. The summed E-state index contributed by atoms with van der Waals surface area (Å²) >= 11 is 12.3. The average Bonchev–Trinajstić information content (AvgIpc) is 3.14. The highest BCUT2D eigenvalue weighted by Crippen LogP contribution is 2.53. The minimum absolute atomic E-state index is 0.0971. The molecular formula is C18H19Cl2NO2S2. The SMILES string of the molecule is Cc1ccc(S(=O)(=O)N=[S@@](Cc2ccccc2)C[C@@H]2CC2(Cl)Cl)cc1. The normalized spacial score (nSPS) is 20.4.